The first-order chi connectivity index (χ1) is 27.9. The Hall–Kier alpha value is -6.14. The second-order valence-corrected chi connectivity index (χ2v) is 15.5. The van der Waals surface area contributed by atoms with Gasteiger partial charge in [0.2, 0.25) is 23.6 Å². The molecule has 2 heterocycles. The lowest BCUT2D eigenvalue weighted by Gasteiger charge is -2.49. The number of anilines is 2. The van der Waals surface area contributed by atoms with Crippen LogP contribution in [0.3, 0.4) is 0 Å². The van der Waals surface area contributed by atoms with Gasteiger partial charge < -0.3 is 24.1 Å². The Morgan fingerprint density at radius 3 is 2.14 bits per heavy atom. The summed E-state index contributed by atoms with van der Waals surface area (Å²) in [6.07, 6.45) is 5.91. The highest BCUT2D eigenvalue weighted by Gasteiger charge is 2.68. The highest BCUT2D eigenvalue weighted by atomic mass is 35.5. The molecule has 11 nitrogen and oxygen atoms in total. The van der Waals surface area contributed by atoms with Crippen LogP contribution < -0.4 is 28.7 Å². The van der Waals surface area contributed by atoms with Crippen molar-refractivity contribution in [2.75, 3.05) is 38.2 Å². The van der Waals surface area contributed by atoms with Crippen molar-refractivity contribution in [3.05, 3.63) is 112 Å². The van der Waals surface area contributed by atoms with Crippen LogP contribution in [0.15, 0.2) is 84.4 Å². The minimum Gasteiger partial charge on any atom is -0.507 e. The van der Waals surface area contributed by atoms with E-state index in [0.717, 1.165) is 22.1 Å². The summed E-state index contributed by atoms with van der Waals surface area (Å²) < 4.78 is 36.3. The number of phenols is 1. The molecule has 0 aromatic heterocycles. The van der Waals surface area contributed by atoms with Crippen molar-refractivity contribution < 1.29 is 47.6 Å². The second kappa shape index (κ2) is 14.7. The third-order valence-corrected chi connectivity index (χ3v) is 12.6. The SMILES string of the molecule is COc1ccc(OC)c(C=Cc2ccc(N3C(=O)[C@H]4[C@H](CC=C5[C@H]4C[C@H]4C(=O)N(c6ccc(F)c(Cl)c6)C(=O)[C@@]4(C)[C@H]5c4c(O)cc(OC)cc4OC)C3=O)cc2)c1. The number of carbonyl (C=O) groups excluding carboxylic acids is 4. The zero-order chi connectivity index (χ0) is 41.2. The minimum atomic E-state index is -1.50. The Labute approximate surface area is 339 Å². The van der Waals surface area contributed by atoms with E-state index in [9.17, 15) is 28.7 Å². The Morgan fingerprint density at radius 2 is 1.47 bits per heavy atom. The number of amides is 4. The molecule has 2 saturated heterocycles. The van der Waals surface area contributed by atoms with Crippen molar-refractivity contribution in [3.8, 4) is 28.7 Å². The van der Waals surface area contributed by atoms with Crippen LogP contribution >= 0.6 is 11.6 Å². The summed E-state index contributed by atoms with van der Waals surface area (Å²) in [7, 11) is 6.04. The fourth-order valence-corrected chi connectivity index (χ4v) is 9.68. The molecule has 13 heteroatoms. The summed E-state index contributed by atoms with van der Waals surface area (Å²) in [6, 6.07) is 19.1. The molecule has 4 aliphatic rings. The molecular weight excluding hydrogens is 767 g/mol. The molecule has 8 rings (SSSR count). The molecule has 0 radical (unpaired) electrons. The fourth-order valence-electron chi connectivity index (χ4n) is 9.50. The molecule has 4 aromatic rings. The molecule has 58 heavy (non-hydrogen) atoms. The summed E-state index contributed by atoms with van der Waals surface area (Å²) in [5.41, 5.74) is 1.50. The van der Waals surface area contributed by atoms with Crippen molar-refractivity contribution in [1.29, 1.82) is 0 Å². The Morgan fingerprint density at radius 1 is 0.759 bits per heavy atom. The molecule has 0 unspecified atom stereocenters. The lowest BCUT2D eigenvalue weighted by atomic mass is 9.51. The molecule has 0 spiro atoms. The number of imide groups is 2. The standard InChI is InChI=1S/C45H40ClFN2O9/c1-45-32(42(52)49(44(45)54)26-12-16-34(47)33(46)19-26)22-31-29(40(45)39-35(50)20-28(56-3)21-37(39)58-5)14-15-30-38(31)43(53)48(41(30)51)25-10-7-23(8-11-25)6-9-24-18-27(55-2)13-17-36(24)57-4/h6-14,16-21,30-32,38,40,50H,15,22H2,1-5H3/t30-,31+,32-,38-,40+,45+/m0/s1. The third-order valence-electron chi connectivity index (χ3n) is 12.3. The summed E-state index contributed by atoms with van der Waals surface area (Å²) in [4.78, 5) is 60.5. The molecule has 2 aliphatic carbocycles. The van der Waals surface area contributed by atoms with Crippen molar-refractivity contribution in [3.63, 3.8) is 0 Å². The largest absolute Gasteiger partial charge is 0.507 e. The van der Waals surface area contributed by atoms with Crippen molar-refractivity contribution in [1.82, 2.24) is 0 Å². The maximum Gasteiger partial charge on any atom is 0.241 e. The summed E-state index contributed by atoms with van der Waals surface area (Å²) in [5, 5.41) is 11.4. The molecule has 0 bridgehead atoms. The topological polar surface area (TPSA) is 132 Å². The van der Waals surface area contributed by atoms with E-state index in [1.807, 2.05) is 42.5 Å². The van der Waals surface area contributed by atoms with E-state index in [2.05, 4.69) is 0 Å². The smallest absolute Gasteiger partial charge is 0.241 e. The number of nitrogens with zero attached hydrogens (tertiary/aromatic N) is 2. The van der Waals surface area contributed by atoms with E-state index >= 15 is 0 Å². The third kappa shape index (κ3) is 5.91. The fraction of sp³-hybridized carbons (Fsp3) is 0.289. The number of allylic oxidation sites excluding steroid dienone is 2. The highest BCUT2D eigenvalue weighted by Crippen LogP contribution is 2.65. The number of hydrogen-bond acceptors (Lipinski definition) is 9. The Balaban J connectivity index is 1.17. The lowest BCUT2D eigenvalue weighted by molar-refractivity contribution is -0.131. The number of halogens is 2. The van der Waals surface area contributed by atoms with Crippen molar-refractivity contribution in [2.24, 2.45) is 29.1 Å². The van der Waals surface area contributed by atoms with Gasteiger partial charge in [0, 0.05) is 29.2 Å². The maximum atomic E-state index is 14.8. The van der Waals surface area contributed by atoms with Gasteiger partial charge in [-0.05, 0) is 79.8 Å². The average molecular weight is 807 g/mol. The molecule has 6 atom stereocenters. The molecule has 298 valence electrons. The number of fused-ring (bicyclic) bond motifs is 4. The van der Waals surface area contributed by atoms with Gasteiger partial charge >= 0.3 is 0 Å². The first-order valence-corrected chi connectivity index (χ1v) is 19.1. The molecule has 3 fully saturated rings. The number of carbonyl (C=O) groups is 4. The maximum absolute atomic E-state index is 14.8. The minimum absolute atomic E-state index is 0.0690. The molecule has 2 aliphatic heterocycles. The number of benzene rings is 4. The van der Waals surface area contributed by atoms with E-state index in [1.165, 1.54) is 37.3 Å². The number of rotatable bonds is 9. The second-order valence-electron chi connectivity index (χ2n) is 15.1. The number of methoxy groups -OCH3 is 4. The summed E-state index contributed by atoms with van der Waals surface area (Å²) in [6.45, 7) is 1.67. The van der Waals surface area contributed by atoms with Crippen LogP contribution in [0, 0.1) is 34.9 Å². The van der Waals surface area contributed by atoms with Gasteiger partial charge in [-0.3, -0.25) is 24.1 Å². The number of aromatic hydroxyl groups is 1. The number of ether oxygens (including phenoxy) is 4. The van der Waals surface area contributed by atoms with Crippen LogP contribution in [0.1, 0.15) is 42.4 Å². The van der Waals surface area contributed by atoms with E-state index in [0.29, 0.717) is 28.5 Å². The van der Waals surface area contributed by atoms with E-state index in [4.69, 9.17) is 30.5 Å². The van der Waals surface area contributed by atoms with E-state index < -0.39 is 58.5 Å². The normalized spacial score (nSPS) is 25.1. The van der Waals surface area contributed by atoms with Crippen molar-refractivity contribution in [2.45, 2.75) is 25.7 Å². The number of hydrogen-bond donors (Lipinski definition) is 1. The average Bonchev–Trinajstić information content (AvgIpc) is 3.60. The van der Waals surface area contributed by atoms with Gasteiger partial charge in [-0.2, -0.15) is 0 Å². The van der Waals surface area contributed by atoms with Crippen LogP contribution in [-0.2, 0) is 19.2 Å². The predicted molar refractivity (Wildman–Crippen MR) is 215 cm³/mol. The number of phenolic OH excluding ortho intramolecular Hbond substituents is 1. The lowest BCUT2D eigenvalue weighted by Crippen LogP contribution is -2.49. The molecule has 1 N–H and O–H groups in total. The van der Waals surface area contributed by atoms with Gasteiger partial charge in [0.25, 0.3) is 0 Å². The van der Waals surface area contributed by atoms with Crippen LogP contribution in [0.25, 0.3) is 12.2 Å². The molecule has 1 saturated carbocycles. The van der Waals surface area contributed by atoms with Gasteiger partial charge in [0.15, 0.2) is 0 Å². The molecular formula is C45H40ClFN2O9. The van der Waals surface area contributed by atoms with Gasteiger partial charge in [-0.15, -0.1) is 0 Å². The molecule has 4 aromatic carbocycles. The van der Waals surface area contributed by atoms with Gasteiger partial charge in [-0.1, -0.05) is 47.5 Å². The monoisotopic (exact) mass is 806 g/mol. The highest BCUT2D eigenvalue weighted by molar-refractivity contribution is 6.32. The van der Waals surface area contributed by atoms with E-state index in [1.54, 1.807) is 45.4 Å². The quantitative estimate of drug-likeness (QED) is 0.102. The Kier molecular flexibility index (Phi) is 9.79. The molecule has 4 amide bonds. The van der Waals surface area contributed by atoms with Crippen LogP contribution in [0.5, 0.6) is 28.7 Å². The first kappa shape index (κ1) is 38.7. The Bertz CT molecular complexity index is 2450. The predicted octanol–water partition coefficient (Wildman–Crippen LogP) is 7.82. The van der Waals surface area contributed by atoms with E-state index in [-0.39, 0.29) is 46.5 Å². The zero-order valence-electron chi connectivity index (χ0n) is 32.3. The zero-order valence-corrected chi connectivity index (χ0v) is 33.1. The van der Waals surface area contributed by atoms with Gasteiger partial charge in [0.05, 0.1) is 68.0 Å². The summed E-state index contributed by atoms with van der Waals surface area (Å²) in [5.74, 6) is -5.23. The van der Waals surface area contributed by atoms with Crippen LogP contribution in [0.4, 0.5) is 15.8 Å². The van der Waals surface area contributed by atoms with Crippen LogP contribution in [-0.4, -0.2) is 57.2 Å². The van der Waals surface area contributed by atoms with Gasteiger partial charge in [-0.25, -0.2) is 9.29 Å². The summed E-state index contributed by atoms with van der Waals surface area (Å²) >= 11 is 6.13. The van der Waals surface area contributed by atoms with Crippen LogP contribution in [0.2, 0.25) is 5.02 Å². The van der Waals surface area contributed by atoms with Gasteiger partial charge in [0.1, 0.15) is 34.6 Å². The first-order valence-electron chi connectivity index (χ1n) is 18.7. The van der Waals surface area contributed by atoms with Crippen molar-refractivity contribution >= 4 is 58.8 Å².